The Morgan fingerprint density at radius 3 is 1.84 bits per heavy atom. The molecule has 0 fully saturated rings. The number of hydrogen-bond acceptors (Lipinski definition) is 4. The van der Waals surface area contributed by atoms with Gasteiger partial charge in [0.15, 0.2) is 0 Å². The first-order valence-corrected chi connectivity index (χ1v) is 7.99. The van der Waals surface area contributed by atoms with Crippen LogP contribution in [0.25, 0.3) is 0 Å². The van der Waals surface area contributed by atoms with E-state index in [0.717, 1.165) is 11.1 Å². The zero-order valence-corrected chi connectivity index (χ0v) is 14.7. The van der Waals surface area contributed by atoms with Crippen LogP contribution in [0.5, 0.6) is 0 Å². The lowest BCUT2D eigenvalue weighted by Gasteiger charge is -2.18. The Balaban J connectivity index is 2.51. The molecule has 0 aromatic heterocycles. The summed E-state index contributed by atoms with van der Waals surface area (Å²) in [7, 11) is 4.60. The summed E-state index contributed by atoms with van der Waals surface area (Å²) in [5, 5.41) is 0. The van der Waals surface area contributed by atoms with Gasteiger partial charge in [-0.05, 0) is 0 Å². The number of aliphatic imine (C=N–C) groups is 1. The van der Waals surface area contributed by atoms with E-state index in [9.17, 15) is 9.59 Å². The van der Waals surface area contributed by atoms with Crippen molar-refractivity contribution in [1.29, 1.82) is 0 Å². The highest BCUT2D eigenvalue weighted by Crippen LogP contribution is 2.14. The van der Waals surface area contributed by atoms with Crippen molar-refractivity contribution in [3.05, 3.63) is 71.8 Å². The third-order valence-electron chi connectivity index (χ3n) is 3.69. The molecule has 0 radical (unpaired) electrons. The molecule has 0 aliphatic carbocycles. The van der Waals surface area contributed by atoms with Gasteiger partial charge in [0.25, 0.3) is 0 Å². The first kappa shape index (κ1) is 18.4. The number of benzene rings is 2. The van der Waals surface area contributed by atoms with Crippen LogP contribution >= 0.6 is 0 Å². The molecule has 1 unspecified atom stereocenters. The zero-order chi connectivity index (χ0) is 18.2. The fourth-order valence-corrected chi connectivity index (χ4v) is 2.39. The lowest BCUT2D eigenvalue weighted by Crippen LogP contribution is -2.35. The van der Waals surface area contributed by atoms with E-state index >= 15 is 0 Å². The number of ether oxygens (including phenoxy) is 1. The molecule has 0 bridgehead atoms. The lowest BCUT2D eigenvalue weighted by molar-refractivity contribution is -0.143. The van der Waals surface area contributed by atoms with Crippen LogP contribution in [0.4, 0.5) is 0 Å². The second kappa shape index (κ2) is 8.78. The normalized spacial score (nSPS) is 11.3. The van der Waals surface area contributed by atoms with Gasteiger partial charge >= 0.3 is 5.97 Å². The highest BCUT2D eigenvalue weighted by molar-refractivity contribution is 6.13. The maximum atomic E-state index is 12.5. The molecule has 5 nitrogen and oxygen atoms in total. The molecule has 0 saturated heterocycles. The summed E-state index contributed by atoms with van der Waals surface area (Å²) < 4.78 is 4.72. The molecular weight excluding hydrogens is 316 g/mol. The van der Waals surface area contributed by atoms with Crippen molar-refractivity contribution < 1.29 is 14.3 Å². The maximum absolute atomic E-state index is 12.5. The highest BCUT2D eigenvalue weighted by atomic mass is 16.5. The van der Waals surface area contributed by atoms with Crippen molar-refractivity contribution >= 4 is 17.6 Å². The summed E-state index contributed by atoms with van der Waals surface area (Å²) in [6.07, 6.45) is -0.101. The number of amides is 1. The van der Waals surface area contributed by atoms with Gasteiger partial charge in [-0.1, -0.05) is 60.7 Å². The first-order valence-electron chi connectivity index (χ1n) is 7.99. The number of esters is 1. The molecule has 130 valence electrons. The number of carbonyl (C=O) groups excluding carboxylic acids is 2. The second-order valence-electron chi connectivity index (χ2n) is 5.74. The fraction of sp³-hybridized carbons (Fsp3) is 0.250. The van der Waals surface area contributed by atoms with Gasteiger partial charge in [-0.3, -0.25) is 14.6 Å². The molecule has 1 atom stereocenters. The smallest absolute Gasteiger partial charge is 0.308 e. The average molecular weight is 338 g/mol. The van der Waals surface area contributed by atoms with Gasteiger partial charge in [-0.2, -0.15) is 0 Å². The van der Waals surface area contributed by atoms with Gasteiger partial charge in [0, 0.05) is 25.2 Å². The molecular formula is C20H22N2O3. The Hall–Kier alpha value is -2.95. The summed E-state index contributed by atoms with van der Waals surface area (Å²) in [5.41, 5.74) is 2.44. The topological polar surface area (TPSA) is 59.0 Å². The molecule has 5 heteroatoms. The third kappa shape index (κ3) is 5.01. The van der Waals surface area contributed by atoms with E-state index in [2.05, 4.69) is 4.99 Å². The SMILES string of the molecule is COC(=O)CC(N=C(c1ccccc1)c1ccccc1)C(=O)N(C)C. The molecule has 0 aliphatic heterocycles. The predicted octanol–water partition coefficient (Wildman–Crippen LogP) is 2.54. The van der Waals surface area contributed by atoms with Gasteiger partial charge in [0.1, 0.15) is 6.04 Å². The summed E-state index contributed by atoms with van der Waals surface area (Å²) in [4.78, 5) is 30.3. The van der Waals surface area contributed by atoms with Crippen LogP contribution in [0.2, 0.25) is 0 Å². The van der Waals surface area contributed by atoms with E-state index in [1.807, 2.05) is 60.7 Å². The molecule has 1 amide bonds. The molecule has 2 rings (SSSR count). The summed E-state index contributed by atoms with van der Waals surface area (Å²) in [6.45, 7) is 0. The molecule has 25 heavy (non-hydrogen) atoms. The molecule has 0 spiro atoms. The van der Waals surface area contributed by atoms with Gasteiger partial charge in [-0.25, -0.2) is 0 Å². The average Bonchev–Trinajstić information content (AvgIpc) is 2.65. The maximum Gasteiger partial charge on any atom is 0.308 e. The zero-order valence-electron chi connectivity index (χ0n) is 14.7. The van der Waals surface area contributed by atoms with Crippen molar-refractivity contribution in [2.24, 2.45) is 4.99 Å². The number of methoxy groups -OCH3 is 1. The molecule has 0 heterocycles. The minimum atomic E-state index is -0.835. The quantitative estimate of drug-likeness (QED) is 0.601. The Kier molecular flexibility index (Phi) is 6.46. The Labute approximate surface area is 147 Å². The minimum Gasteiger partial charge on any atom is -0.469 e. The number of likely N-dealkylation sites (N-methyl/N-ethyl adjacent to an activating group) is 1. The van der Waals surface area contributed by atoms with Crippen molar-refractivity contribution in [3.63, 3.8) is 0 Å². The highest BCUT2D eigenvalue weighted by Gasteiger charge is 2.24. The number of hydrogen-bond donors (Lipinski definition) is 0. The van der Waals surface area contributed by atoms with Crippen LogP contribution in [-0.4, -0.2) is 49.7 Å². The second-order valence-corrected chi connectivity index (χ2v) is 5.74. The van der Waals surface area contributed by atoms with Crippen LogP contribution in [-0.2, 0) is 14.3 Å². The van der Waals surface area contributed by atoms with E-state index in [1.165, 1.54) is 12.0 Å². The van der Waals surface area contributed by atoms with E-state index < -0.39 is 12.0 Å². The van der Waals surface area contributed by atoms with Crippen molar-refractivity contribution in [3.8, 4) is 0 Å². The lowest BCUT2D eigenvalue weighted by atomic mass is 10.0. The molecule has 2 aromatic rings. The Bertz CT molecular complexity index is 699. The molecule has 0 aliphatic rings. The Morgan fingerprint density at radius 1 is 0.960 bits per heavy atom. The first-order chi connectivity index (χ1) is 12.0. The van der Waals surface area contributed by atoms with Crippen LogP contribution in [0, 0.1) is 0 Å². The predicted molar refractivity (Wildman–Crippen MR) is 97.6 cm³/mol. The van der Waals surface area contributed by atoms with Gasteiger partial charge in [0.2, 0.25) is 5.91 Å². The van der Waals surface area contributed by atoms with Crippen molar-refractivity contribution in [2.45, 2.75) is 12.5 Å². The van der Waals surface area contributed by atoms with Crippen LogP contribution in [0.3, 0.4) is 0 Å². The summed E-state index contributed by atoms with van der Waals surface area (Å²) in [5.74, 6) is -0.709. The molecule has 0 N–H and O–H groups in total. The number of nitrogens with zero attached hydrogens (tertiary/aromatic N) is 2. The fourth-order valence-electron chi connectivity index (χ4n) is 2.39. The van der Waals surface area contributed by atoms with E-state index in [4.69, 9.17) is 4.74 Å². The largest absolute Gasteiger partial charge is 0.469 e. The van der Waals surface area contributed by atoms with Crippen LogP contribution in [0.1, 0.15) is 17.5 Å². The third-order valence-corrected chi connectivity index (χ3v) is 3.69. The van der Waals surface area contributed by atoms with Crippen molar-refractivity contribution in [1.82, 2.24) is 4.90 Å². The number of carbonyl (C=O) groups is 2. The Morgan fingerprint density at radius 2 is 1.44 bits per heavy atom. The standard InChI is InChI=1S/C20H22N2O3/c1-22(2)20(24)17(14-18(23)25-3)21-19(15-10-6-4-7-11-15)16-12-8-5-9-13-16/h4-13,17H,14H2,1-3H3. The number of rotatable bonds is 6. The van der Waals surface area contributed by atoms with Gasteiger partial charge < -0.3 is 9.64 Å². The monoisotopic (exact) mass is 338 g/mol. The minimum absolute atomic E-state index is 0.101. The van der Waals surface area contributed by atoms with Gasteiger partial charge in [0.05, 0.1) is 19.2 Å². The van der Waals surface area contributed by atoms with E-state index in [0.29, 0.717) is 5.71 Å². The summed E-state index contributed by atoms with van der Waals surface area (Å²) in [6, 6.07) is 18.4. The molecule has 0 saturated carbocycles. The van der Waals surface area contributed by atoms with Gasteiger partial charge in [-0.15, -0.1) is 0 Å². The van der Waals surface area contributed by atoms with E-state index in [-0.39, 0.29) is 12.3 Å². The summed E-state index contributed by atoms with van der Waals surface area (Å²) >= 11 is 0. The van der Waals surface area contributed by atoms with Crippen LogP contribution < -0.4 is 0 Å². The van der Waals surface area contributed by atoms with Crippen LogP contribution in [0.15, 0.2) is 65.7 Å². The van der Waals surface area contributed by atoms with E-state index in [1.54, 1.807) is 14.1 Å². The van der Waals surface area contributed by atoms with Crippen molar-refractivity contribution in [2.75, 3.05) is 21.2 Å². The molecule has 2 aromatic carbocycles.